The molecule has 29 heavy (non-hydrogen) atoms. The Morgan fingerprint density at radius 1 is 0.828 bits per heavy atom. The van der Waals surface area contributed by atoms with E-state index in [0.717, 1.165) is 43.3 Å². The van der Waals surface area contributed by atoms with Crippen molar-refractivity contribution in [2.75, 3.05) is 26.2 Å². The molecule has 5 nitrogen and oxygen atoms in total. The molecule has 2 aromatic carbocycles. The normalized spacial score (nSPS) is 18.7. The molecule has 1 aliphatic heterocycles. The number of hydrogen-bond acceptors (Lipinski definition) is 3. The first-order valence-electron chi connectivity index (χ1n) is 10.7. The average molecular weight is 389 g/mol. The van der Waals surface area contributed by atoms with Crippen LogP contribution in [-0.2, 0) is 11.3 Å². The Hall–Kier alpha value is -2.66. The number of piperazine rings is 1. The van der Waals surface area contributed by atoms with Crippen molar-refractivity contribution in [1.29, 1.82) is 0 Å². The van der Waals surface area contributed by atoms with Gasteiger partial charge in [0.2, 0.25) is 5.91 Å². The van der Waals surface area contributed by atoms with Gasteiger partial charge >= 0.3 is 0 Å². The van der Waals surface area contributed by atoms with Crippen LogP contribution < -0.4 is 5.43 Å². The molecule has 150 valence electrons. The van der Waals surface area contributed by atoms with Crippen LogP contribution >= 0.6 is 0 Å². The Bertz CT molecular complexity index is 1050. The standard InChI is InChI=1S/C24H27N3O2/c28-23(26-15-13-25(14-16-26)18-7-1-2-8-18)17-27-21-11-5-3-9-19(21)24(29)20-10-4-6-12-22(20)27/h3-6,9-12,18H,1-2,7-8,13-17H2. The van der Waals surface area contributed by atoms with Crippen LogP contribution in [0.15, 0.2) is 53.3 Å². The molecule has 1 saturated carbocycles. The highest BCUT2D eigenvalue weighted by molar-refractivity contribution is 5.94. The largest absolute Gasteiger partial charge is 0.339 e. The minimum atomic E-state index is 0.0325. The summed E-state index contributed by atoms with van der Waals surface area (Å²) in [4.78, 5) is 30.6. The number of hydrogen-bond donors (Lipinski definition) is 0. The van der Waals surface area contributed by atoms with E-state index >= 15 is 0 Å². The van der Waals surface area contributed by atoms with E-state index in [2.05, 4.69) is 4.90 Å². The molecule has 5 rings (SSSR count). The Morgan fingerprint density at radius 3 is 1.97 bits per heavy atom. The van der Waals surface area contributed by atoms with E-state index in [1.807, 2.05) is 58.0 Å². The van der Waals surface area contributed by atoms with Crippen LogP contribution in [0, 0.1) is 0 Å². The molecule has 2 aliphatic rings. The number of carbonyl (C=O) groups is 1. The zero-order valence-electron chi connectivity index (χ0n) is 16.7. The number of aromatic nitrogens is 1. The van der Waals surface area contributed by atoms with Crippen molar-refractivity contribution in [3.63, 3.8) is 0 Å². The second-order valence-corrected chi connectivity index (χ2v) is 8.30. The van der Waals surface area contributed by atoms with Gasteiger partial charge in [0.15, 0.2) is 5.43 Å². The molecule has 0 atom stereocenters. The maximum Gasteiger partial charge on any atom is 0.242 e. The zero-order valence-corrected chi connectivity index (χ0v) is 16.7. The van der Waals surface area contributed by atoms with E-state index in [4.69, 9.17) is 0 Å². The SMILES string of the molecule is O=C(Cn1c2ccccc2c(=O)c2ccccc21)N1CCN(C2CCCC2)CC1. The van der Waals surface area contributed by atoms with Crippen molar-refractivity contribution in [2.24, 2.45) is 0 Å². The number of rotatable bonds is 3. The number of carbonyl (C=O) groups excluding carboxylic acids is 1. The van der Waals surface area contributed by atoms with Crippen LogP contribution in [0.2, 0.25) is 0 Å². The maximum absolute atomic E-state index is 13.2. The molecule has 0 bridgehead atoms. The predicted octanol–water partition coefficient (Wildman–Crippen LogP) is 3.24. The summed E-state index contributed by atoms with van der Waals surface area (Å²) in [6.45, 7) is 3.81. The van der Waals surface area contributed by atoms with Crippen LogP contribution in [0.3, 0.4) is 0 Å². The fourth-order valence-corrected chi connectivity index (χ4v) is 5.09. The van der Waals surface area contributed by atoms with Gasteiger partial charge in [0.05, 0.1) is 11.0 Å². The summed E-state index contributed by atoms with van der Waals surface area (Å²) in [5.41, 5.74) is 1.69. The fourth-order valence-electron chi connectivity index (χ4n) is 5.09. The van der Waals surface area contributed by atoms with Gasteiger partial charge < -0.3 is 9.47 Å². The first-order chi connectivity index (χ1) is 14.2. The molecule has 0 N–H and O–H groups in total. The molecule has 2 fully saturated rings. The van der Waals surface area contributed by atoms with Crippen LogP contribution in [0.5, 0.6) is 0 Å². The smallest absolute Gasteiger partial charge is 0.242 e. The summed E-state index contributed by atoms with van der Waals surface area (Å²) in [6, 6.07) is 15.9. The third-order valence-electron chi connectivity index (χ3n) is 6.68. The summed E-state index contributed by atoms with van der Waals surface area (Å²) in [5.74, 6) is 0.134. The van der Waals surface area contributed by atoms with Gasteiger partial charge in [-0.25, -0.2) is 0 Å². The molecule has 3 aromatic rings. The average Bonchev–Trinajstić information content (AvgIpc) is 3.32. The molecule has 0 radical (unpaired) electrons. The lowest BCUT2D eigenvalue weighted by Crippen LogP contribution is -2.52. The lowest BCUT2D eigenvalue weighted by molar-refractivity contribution is -0.133. The quantitative estimate of drug-likeness (QED) is 0.646. The van der Waals surface area contributed by atoms with Gasteiger partial charge in [-0.1, -0.05) is 37.1 Å². The summed E-state index contributed by atoms with van der Waals surface area (Å²) < 4.78 is 2.01. The highest BCUT2D eigenvalue weighted by atomic mass is 16.2. The fraction of sp³-hybridized carbons (Fsp3) is 0.417. The molecule has 0 unspecified atom stereocenters. The number of nitrogens with zero attached hydrogens (tertiary/aromatic N) is 3. The van der Waals surface area contributed by atoms with E-state index in [1.165, 1.54) is 25.7 Å². The number of benzene rings is 2. The molecule has 1 aromatic heterocycles. The van der Waals surface area contributed by atoms with Crippen molar-refractivity contribution < 1.29 is 4.79 Å². The van der Waals surface area contributed by atoms with Gasteiger partial charge in [0, 0.05) is 43.0 Å². The lowest BCUT2D eigenvalue weighted by Gasteiger charge is -2.38. The number of fused-ring (bicyclic) bond motifs is 2. The van der Waals surface area contributed by atoms with Crippen LogP contribution in [0.25, 0.3) is 21.8 Å². The molecule has 5 heteroatoms. The molecule has 1 amide bonds. The first-order valence-corrected chi connectivity index (χ1v) is 10.7. The maximum atomic E-state index is 13.2. The summed E-state index contributed by atoms with van der Waals surface area (Å²) in [6.07, 6.45) is 5.30. The van der Waals surface area contributed by atoms with E-state index in [9.17, 15) is 9.59 Å². The topological polar surface area (TPSA) is 45.6 Å². The molecular formula is C24H27N3O2. The highest BCUT2D eigenvalue weighted by Crippen LogP contribution is 2.25. The molecule has 1 saturated heterocycles. The highest BCUT2D eigenvalue weighted by Gasteiger charge is 2.28. The van der Waals surface area contributed by atoms with Crippen LogP contribution in [0.1, 0.15) is 25.7 Å². The van der Waals surface area contributed by atoms with Crippen molar-refractivity contribution in [1.82, 2.24) is 14.4 Å². The third kappa shape index (κ3) is 3.33. The lowest BCUT2D eigenvalue weighted by atomic mass is 10.1. The van der Waals surface area contributed by atoms with Gasteiger partial charge in [-0.15, -0.1) is 0 Å². The van der Waals surface area contributed by atoms with E-state index in [0.29, 0.717) is 10.8 Å². The van der Waals surface area contributed by atoms with Gasteiger partial charge in [-0.3, -0.25) is 14.5 Å². The minimum Gasteiger partial charge on any atom is -0.339 e. The first kappa shape index (κ1) is 18.4. The third-order valence-corrected chi connectivity index (χ3v) is 6.68. The van der Waals surface area contributed by atoms with E-state index in [-0.39, 0.29) is 17.9 Å². The monoisotopic (exact) mass is 389 g/mol. The van der Waals surface area contributed by atoms with Gasteiger partial charge in [0.25, 0.3) is 0 Å². The second kappa shape index (κ2) is 7.64. The summed E-state index contributed by atoms with van der Waals surface area (Å²) in [5, 5.41) is 1.34. The molecule has 1 aliphatic carbocycles. The molecular weight excluding hydrogens is 362 g/mol. The van der Waals surface area contributed by atoms with Gasteiger partial charge in [-0.2, -0.15) is 0 Å². The number of pyridine rings is 1. The Kier molecular flexibility index (Phi) is 4.84. The Balaban J connectivity index is 1.42. The van der Waals surface area contributed by atoms with Crippen molar-refractivity contribution >= 4 is 27.7 Å². The Morgan fingerprint density at radius 2 is 1.38 bits per heavy atom. The predicted molar refractivity (Wildman–Crippen MR) is 116 cm³/mol. The zero-order chi connectivity index (χ0) is 19.8. The summed E-state index contributed by atoms with van der Waals surface area (Å²) >= 11 is 0. The van der Waals surface area contributed by atoms with Gasteiger partial charge in [0.1, 0.15) is 6.54 Å². The number of para-hydroxylation sites is 2. The van der Waals surface area contributed by atoms with Crippen LogP contribution in [0.4, 0.5) is 0 Å². The molecule has 0 spiro atoms. The minimum absolute atomic E-state index is 0.0325. The van der Waals surface area contributed by atoms with Crippen LogP contribution in [-0.4, -0.2) is 52.5 Å². The van der Waals surface area contributed by atoms with E-state index in [1.54, 1.807) is 0 Å². The van der Waals surface area contributed by atoms with Crippen molar-refractivity contribution in [2.45, 2.75) is 38.3 Å². The second-order valence-electron chi connectivity index (χ2n) is 8.30. The van der Waals surface area contributed by atoms with Gasteiger partial charge in [-0.05, 0) is 37.1 Å². The summed E-state index contributed by atoms with van der Waals surface area (Å²) in [7, 11) is 0. The van der Waals surface area contributed by atoms with E-state index < -0.39 is 0 Å². The van der Waals surface area contributed by atoms with Crippen molar-refractivity contribution in [3.8, 4) is 0 Å². The molecule has 2 heterocycles. The Labute approximate surface area is 170 Å². The number of amides is 1. The van der Waals surface area contributed by atoms with Crippen molar-refractivity contribution in [3.05, 3.63) is 58.8 Å².